The van der Waals surface area contributed by atoms with E-state index in [9.17, 15) is 9.59 Å². The molecule has 4 heteroatoms. The maximum atomic E-state index is 11.3. The van der Waals surface area contributed by atoms with E-state index in [2.05, 4.69) is 9.47 Å². The summed E-state index contributed by atoms with van der Waals surface area (Å²) in [6.45, 7) is 3.99. The van der Waals surface area contributed by atoms with Gasteiger partial charge in [0.05, 0.1) is 26.6 Å². The molecule has 14 heavy (non-hydrogen) atoms. The second-order valence-electron chi connectivity index (χ2n) is 3.63. The van der Waals surface area contributed by atoms with Crippen molar-refractivity contribution in [1.29, 1.82) is 0 Å². The Labute approximate surface area is 84.6 Å². The van der Waals surface area contributed by atoms with Crippen molar-refractivity contribution in [2.24, 2.45) is 11.8 Å². The third kappa shape index (κ3) is 4.84. The fourth-order valence-corrected chi connectivity index (χ4v) is 1.28. The fraction of sp³-hybridized carbons (Fsp3) is 0.800. The number of methoxy groups -OCH3 is 2. The highest BCUT2D eigenvalue weighted by molar-refractivity contribution is 5.79. The van der Waals surface area contributed by atoms with Crippen LogP contribution in [0, 0.1) is 11.8 Å². The van der Waals surface area contributed by atoms with Crippen molar-refractivity contribution < 1.29 is 19.1 Å². The van der Waals surface area contributed by atoms with Gasteiger partial charge in [-0.2, -0.15) is 0 Å². The lowest BCUT2D eigenvalue weighted by atomic mass is 9.94. The predicted octanol–water partition coefficient (Wildman–Crippen LogP) is 1.38. The van der Waals surface area contributed by atoms with E-state index in [1.54, 1.807) is 0 Å². The summed E-state index contributed by atoms with van der Waals surface area (Å²) in [4.78, 5) is 22.3. The molecule has 0 N–H and O–H groups in total. The third-order valence-corrected chi connectivity index (χ3v) is 1.93. The van der Waals surface area contributed by atoms with Gasteiger partial charge in [0.2, 0.25) is 0 Å². The standard InChI is InChI=1S/C10H18O4/c1-7(2)5-8(10(12)14-4)6-9(11)13-3/h7-8H,5-6H2,1-4H3/t8-/m0/s1. The van der Waals surface area contributed by atoms with Crippen LogP contribution in [0.3, 0.4) is 0 Å². The number of hydrogen-bond acceptors (Lipinski definition) is 4. The summed E-state index contributed by atoms with van der Waals surface area (Å²) < 4.78 is 9.12. The summed E-state index contributed by atoms with van der Waals surface area (Å²) in [5.41, 5.74) is 0. The largest absolute Gasteiger partial charge is 0.469 e. The summed E-state index contributed by atoms with van der Waals surface area (Å²) in [5.74, 6) is -0.749. The van der Waals surface area contributed by atoms with Crippen LogP contribution in [-0.4, -0.2) is 26.2 Å². The topological polar surface area (TPSA) is 52.6 Å². The normalized spacial score (nSPS) is 12.4. The maximum Gasteiger partial charge on any atom is 0.309 e. The van der Waals surface area contributed by atoms with Crippen LogP contribution < -0.4 is 0 Å². The Balaban J connectivity index is 4.24. The van der Waals surface area contributed by atoms with Gasteiger partial charge in [-0.3, -0.25) is 9.59 Å². The van der Waals surface area contributed by atoms with Crippen molar-refractivity contribution in [3.05, 3.63) is 0 Å². The zero-order chi connectivity index (χ0) is 11.1. The van der Waals surface area contributed by atoms with Gasteiger partial charge in [0, 0.05) is 0 Å². The number of hydrogen-bond donors (Lipinski definition) is 0. The van der Waals surface area contributed by atoms with Gasteiger partial charge in [0.1, 0.15) is 0 Å². The third-order valence-electron chi connectivity index (χ3n) is 1.93. The van der Waals surface area contributed by atoms with Crippen LogP contribution in [0.4, 0.5) is 0 Å². The Hall–Kier alpha value is -1.06. The molecule has 1 atom stereocenters. The van der Waals surface area contributed by atoms with Gasteiger partial charge in [0.15, 0.2) is 0 Å². The monoisotopic (exact) mass is 202 g/mol. The Morgan fingerprint density at radius 2 is 1.71 bits per heavy atom. The summed E-state index contributed by atoms with van der Waals surface area (Å²) in [6.07, 6.45) is 0.739. The zero-order valence-corrected chi connectivity index (χ0v) is 9.20. The SMILES string of the molecule is COC(=O)C[C@H](CC(C)C)C(=O)OC. The molecule has 0 radical (unpaired) electrons. The minimum Gasteiger partial charge on any atom is -0.469 e. The highest BCUT2D eigenvalue weighted by Gasteiger charge is 2.23. The van der Waals surface area contributed by atoms with Crippen molar-refractivity contribution in [2.45, 2.75) is 26.7 Å². The quantitative estimate of drug-likeness (QED) is 0.632. The molecule has 0 aromatic carbocycles. The van der Waals surface area contributed by atoms with Gasteiger partial charge >= 0.3 is 11.9 Å². The Kier molecular flexibility index (Phi) is 5.92. The van der Waals surface area contributed by atoms with Crippen LogP contribution in [0.5, 0.6) is 0 Å². The van der Waals surface area contributed by atoms with Crippen molar-refractivity contribution in [2.75, 3.05) is 14.2 Å². The van der Waals surface area contributed by atoms with Crippen LogP contribution in [0.1, 0.15) is 26.7 Å². The molecule has 0 aliphatic carbocycles. The van der Waals surface area contributed by atoms with Gasteiger partial charge in [-0.1, -0.05) is 13.8 Å². The van der Waals surface area contributed by atoms with E-state index in [1.165, 1.54) is 14.2 Å². The molecule has 0 rings (SSSR count). The smallest absolute Gasteiger partial charge is 0.309 e. The first-order valence-corrected chi connectivity index (χ1v) is 4.65. The molecular weight excluding hydrogens is 184 g/mol. The summed E-state index contributed by atoms with van der Waals surface area (Å²) in [5, 5.41) is 0. The van der Waals surface area contributed by atoms with Crippen molar-refractivity contribution in [1.82, 2.24) is 0 Å². The van der Waals surface area contributed by atoms with Gasteiger partial charge in [-0.15, -0.1) is 0 Å². The van der Waals surface area contributed by atoms with Crippen LogP contribution >= 0.6 is 0 Å². The van der Waals surface area contributed by atoms with Crippen LogP contribution in [0.15, 0.2) is 0 Å². The van der Waals surface area contributed by atoms with E-state index in [-0.39, 0.29) is 24.3 Å². The maximum absolute atomic E-state index is 11.3. The first kappa shape index (κ1) is 12.9. The molecular formula is C10H18O4. The molecule has 4 nitrogen and oxygen atoms in total. The molecule has 0 amide bonds. The van der Waals surface area contributed by atoms with E-state index >= 15 is 0 Å². The van der Waals surface area contributed by atoms with Crippen molar-refractivity contribution in [3.8, 4) is 0 Å². The molecule has 0 aromatic heterocycles. The Morgan fingerprint density at radius 3 is 2.07 bits per heavy atom. The highest BCUT2D eigenvalue weighted by atomic mass is 16.5. The highest BCUT2D eigenvalue weighted by Crippen LogP contribution is 2.17. The second kappa shape index (κ2) is 6.40. The van der Waals surface area contributed by atoms with Crippen LogP contribution in [0.2, 0.25) is 0 Å². The minimum absolute atomic E-state index is 0.0986. The Bertz CT molecular complexity index is 198. The molecule has 0 aromatic rings. The lowest BCUT2D eigenvalue weighted by molar-refractivity contribution is -0.152. The zero-order valence-electron chi connectivity index (χ0n) is 9.20. The van der Waals surface area contributed by atoms with Crippen molar-refractivity contribution >= 4 is 11.9 Å². The summed E-state index contributed by atoms with van der Waals surface area (Å²) in [7, 11) is 2.64. The molecule has 0 heterocycles. The second-order valence-corrected chi connectivity index (χ2v) is 3.63. The van der Waals surface area contributed by atoms with Crippen molar-refractivity contribution in [3.63, 3.8) is 0 Å². The molecule has 0 fully saturated rings. The number of carbonyl (C=O) groups is 2. The summed E-state index contributed by atoms with van der Waals surface area (Å²) in [6, 6.07) is 0. The number of esters is 2. The number of carbonyl (C=O) groups excluding carboxylic acids is 2. The molecule has 0 aliphatic heterocycles. The molecule has 0 spiro atoms. The molecule has 0 bridgehead atoms. The predicted molar refractivity (Wildman–Crippen MR) is 51.6 cm³/mol. The average Bonchev–Trinajstić information content (AvgIpc) is 2.14. The molecule has 82 valence electrons. The van der Waals surface area contributed by atoms with E-state index in [0.717, 1.165) is 0 Å². The van der Waals surface area contributed by atoms with Gasteiger partial charge in [0.25, 0.3) is 0 Å². The molecule has 0 saturated carbocycles. The average molecular weight is 202 g/mol. The number of ether oxygens (including phenoxy) is 2. The lowest BCUT2D eigenvalue weighted by Gasteiger charge is -2.15. The van der Waals surface area contributed by atoms with Gasteiger partial charge < -0.3 is 9.47 Å². The summed E-state index contributed by atoms with van der Waals surface area (Å²) >= 11 is 0. The first-order valence-electron chi connectivity index (χ1n) is 4.65. The first-order chi connectivity index (χ1) is 6.51. The molecule has 0 unspecified atom stereocenters. The van der Waals surface area contributed by atoms with E-state index < -0.39 is 0 Å². The lowest BCUT2D eigenvalue weighted by Crippen LogP contribution is -2.22. The Morgan fingerprint density at radius 1 is 1.14 bits per heavy atom. The fourth-order valence-electron chi connectivity index (χ4n) is 1.28. The van der Waals surface area contributed by atoms with Gasteiger partial charge in [-0.25, -0.2) is 0 Å². The van der Waals surface area contributed by atoms with E-state index in [4.69, 9.17) is 0 Å². The molecule has 0 aliphatic rings. The van der Waals surface area contributed by atoms with Gasteiger partial charge in [-0.05, 0) is 12.3 Å². The van der Waals surface area contributed by atoms with Crippen LogP contribution in [-0.2, 0) is 19.1 Å². The number of rotatable bonds is 5. The van der Waals surface area contributed by atoms with E-state index in [0.29, 0.717) is 12.3 Å². The van der Waals surface area contributed by atoms with Crippen LogP contribution in [0.25, 0.3) is 0 Å². The minimum atomic E-state index is -0.382. The van der Waals surface area contributed by atoms with E-state index in [1.807, 2.05) is 13.8 Å². The molecule has 0 saturated heterocycles.